The van der Waals surface area contributed by atoms with Crippen LogP contribution in [0.15, 0.2) is 0 Å². The second-order valence-electron chi connectivity index (χ2n) is 4.96. The van der Waals surface area contributed by atoms with E-state index < -0.39 is 20.2 Å². The molecule has 0 aromatic carbocycles. The third-order valence-electron chi connectivity index (χ3n) is 2.50. The molecule has 142 valence electrons. The molecule has 0 heterocycles. The highest BCUT2D eigenvalue weighted by Gasteiger charge is 2.06. The predicted molar refractivity (Wildman–Crippen MR) is 86.1 cm³/mol. The number of rotatable bonds is 13. The summed E-state index contributed by atoms with van der Waals surface area (Å²) in [7, 11) is -7.08. The van der Waals surface area contributed by atoms with Gasteiger partial charge in [0, 0.05) is 13.1 Å². The fourth-order valence-corrected chi connectivity index (χ4v) is 2.23. The molecule has 0 spiro atoms. The zero-order chi connectivity index (χ0) is 18.6. The predicted octanol–water partition coefficient (Wildman–Crippen LogP) is -1.27. The number of carbonyl (C=O) groups excluding carboxylic acids is 2. The van der Waals surface area contributed by atoms with E-state index in [2.05, 4.69) is 19.0 Å². The standard InChI is InChI=1S/C12H24N2O8S2/c1-23(17,18)21-9-5-11(15)13-7-3-4-8-14-12(16)6-10-22-24(2,19)20/h3-10H2,1-2H3,(H,13,15)(H,14,16). The van der Waals surface area contributed by atoms with Crippen molar-refractivity contribution in [3.63, 3.8) is 0 Å². The average Bonchev–Trinajstić information content (AvgIpc) is 2.39. The van der Waals surface area contributed by atoms with Gasteiger partial charge >= 0.3 is 0 Å². The van der Waals surface area contributed by atoms with Crippen LogP contribution in [0.1, 0.15) is 25.7 Å². The van der Waals surface area contributed by atoms with Gasteiger partial charge in [-0.1, -0.05) is 0 Å². The molecular weight excluding hydrogens is 364 g/mol. The topological polar surface area (TPSA) is 145 Å². The molecule has 0 bridgehead atoms. The van der Waals surface area contributed by atoms with Crippen molar-refractivity contribution in [2.45, 2.75) is 25.7 Å². The summed E-state index contributed by atoms with van der Waals surface area (Å²) in [5.41, 5.74) is 0. The van der Waals surface area contributed by atoms with Gasteiger partial charge in [0.25, 0.3) is 20.2 Å². The number of hydrogen-bond acceptors (Lipinski definition) is 8. The number of nitrogens with one attached hydrogen (secondary N) is 2. The van der Waals surface area contributed by atoms with Gasteiger partial charge in [-0.2, -0.15) is 16.8 Å². The van der Waals surface area contributed by atoms with Crippen molar-refractivity contribution < 1.29 is 34.8 Å². The third-order valence-corrected chi connectivity index (χ3v) is 3.69. The lowest BCUT2D eigenvalue weighted by Gasteiger charge is -2.07. The summed E-state index contributed by atoms with van der Waals surface area (Å²) in [5, 5.41) is 5.19. The highest BCUT2D eigenvalue weighted by molar-refractivity contribution is 7.86. The summed E-state index contributed by atoms with van der Waals surface area (Å²) < 4.78 is 51.6. The molecule has 0 atom stereocenters. The monoisotopic (exact) mass is 388 g/mol. The smallest absolute Gasteiger partial charge is 0.264 e. The maximum Gasteiger partial charge on any atom is 0.264 e. The molecule has 2 amide bonds. The lowest BCUT2D eigenvalue weighted by molar-refractivity contribution is -0.122. The van der Waals surface area contributed by atoms with Crippen molar-refractivity contribution in [3.05, 3.63) is 0 Å². The van der Waals surface area contributed by atoms with E-state index in [0.29, 0.717) is 25.9 Å². The maximum absolute atomic E-state index is 11.4. The van der Waals surface area contributed by atoms with Crippen LogP contribution in [-0.2, 0) is 38.2 Å². The summed E-state index contributed by atoms with van der Waals surface area (Å²) in [6, 6.07) is 0. The van der Waals surface area contributed by atoms with Crippen molar-refractivity contribution in [3.8, 4) is 0 Å². The van der Waals surface area contributed by atoms with Gasteiger partial charge in [0.15, 0.2) is 0 Å². The maximum atomic E-state index is 11.4. The molecule has 0 aliphatic heterocycles. The molecule has 10 nitrogen and oxygen atoms in total. The van der Waals surface area contributed by atoms with E-state index in [1.165, 1.54) is 0 Å². The number of unbranched alkanes of at least 4 members (excludes halogenated alkanes) is 1. The molecule has 0 saturated heterocycles. The van der Waals surface area contributed by atoms with Crippen LogP contribution in [0.4, 0.5) is 0 Å². The highest BCUT2D eigenvalue weighted by Crippen LogP contribution is 1.92. The largest absolute Gasteiger partial charge is 0.356 e. The van der Waals surface area contributed by atoms with Gasteiger partial charge in [-0.05, 0) is 12.8 Å². The number of amides is 2. The van der Waals surface area contributed by atoms with Crippen molar-refractivity contribution in [1.82, 2.24) is 10.6 Å². The van der Waals surface area contributed by atoms with Gasteiger partial charge in [-0.3, -0.25) is 18.0 Å². The lowest BCUT2D eigenvalue weighted by Crippen LogP contribution is -2.28. The van der Waals surface area contributed by atoms with E-state index in [-0.39, 0.29) is 37.9 Å². The first-order chi connectivity index (χ1) is 11.0. The summed E-state index contributed by atoms with van der Waals surface area (Å²) in [6.07, 6.45) is 2.96. The normalized spacial score (nSPS) is 11.9. The van der Waals surface area contributed by atoms with Crippen LogP contribution in [-0.4, -0.2) is 67.5 Å². The molecule has 24 heavy (non-hydrogen) atoms. The second kappa shape index (κ2) is 11.3. The van der Waals surface area contributed by atoms with Crippen LogP contribution >= 0.6 is 0 Å². The molecule has 0 aromatic heterocycles. The minimum atomic E-state index is -3.54. The molecule has 12 heteroatoms. The molecule has 0 unspecified atom stereocenters. The Morgan fingerprint density at radius 1 is 0.750 bits per heavy atom. The summed E-state index contributed by atoms with van der Waals surface area (Å²) in [4.78, 5) is 22.7. The minimum absolute atomic E-state index is 0.0514. The van der Waals surface area contributed by atoms with Crippen LogP contribution in [0.5, 0.6) is 0 Å². The van der Waals surface area contributed by atoms with E-state index in [1.807, 2.05) is 0 Å². The zero-order valence-electron chi connectivity index (χ0n) is 13.7. The molecule has 0 aromatic rings. The fourth-order valence-electron chi connectivity index (χ4n) is 1.45. The van der Waals surface area contributed by atoms with Crippen LogP contribution < -0.4 is 10.6 Å². The van der Waals surface area contributed by atoms with E-state index in [0.717, 1.165) is 12.5 Å². The number of carbonyl (C=O) groups is 2. The van der Waals surface area contributed by atoms with Crippen molar-refractivity contribution in [2.75, 3.05) is 38.8 Å². The van der Waals surface area contributed by atoms with Crippen LogP contribution in [0.25, 0.3) is 0 Å². The minimum Gasteiger partial charge on any atom is -0.356 e. The first-order valence-electron chi connectivity index (χ1n) is 7.22. The van der Waals surface area contributed by atoms with Crippen LogP contribution in [0, 0.1) is 0 Å². The van der Waals surface area contributed by atoms with Gasteiger partial charge < -0.3 is 10.6 Å². The summed E-state index contributed by atoms with van der Waals surface area (Å²) in [6.45, 7) is 0.391. The summed E-state index contributed by atoms with van der Waals surface area (Å²) in [5.74, 6) is -0.638. The Morgan fingerprint density at radius 2 is 1.08 bits per heavy atom. The Kier molecular flexibility index (Phi) is 10.8. The molecule has 2 N–H and O–H groups in total. The van der Waals surface area contributed by atoms with Crippen molar-refractivity contribution in [1.29, 1.82) is 0 Å². The van der Waals surface area contributed by atoms with Gasteiger partial charge in [-0.15, -0.1) is 0 Å². The van der Waals surface area contributed by atoms with E-state index in [1.54, 1.807) is 0 Å². The van der Waals surface area contributed by atoms with Crippen LogP contribution in [0.3, 0.4) is 0 Å². The molecule has 0 saturated carbocycles. The van der Waals surface area contributed by atoms with Crippen molar-refractivity contribution >= 4 is 32.1 Å². The van der Waals surface area contributed by atoms with E-state index in [9.17, 15) is 26.4 Å². The highest BCUT2D eigenvalue weighted by atomic mass is 32.2. The van der Waals surface area contributed by atoms with Gasteiger partial charge in [0.1, 0.15) is 0 Å². The van der Waals surface area contributed by atoms with E-state index in [4.69, 9.17) is 0 Å². The lowest BCUT2D eigenvalue weighted by atomic mass is 10.3. The molecular formula is C12H24N2O8S2. The SMILES string of the molecule is CS(=O)(=O)OCCC(=O)NCCCCNC(=O)CCOS(C)(=O)=O. The third kappa shape index (κ3) is 17.1. The Hall–Kier alpha value is -1.24. The molecule has 0 rings (SSSR count). The Balaban J connectivity index is 3.53. The first-order valence-corrected chi connectivity index (χ1v) is 10.8. The molecule has 0 fully saturated rings. The van der Waals surface area contributed by atoms with Gasteiger partial charge in [0.2, 0.25) is 11.8 Å². The fraction of sp³-hybridized carbons (Fsp3) is 0.833. The van der Waals surface area contributed by atoms with E-state index >= 15 is 0 Å². The quantitative estimate of drug-likeness (QED) is 0.293. The molecule has 0 aliphatic carbocycles. The average molecular weight is 388 g/mol. The van der Waals surface area contributed by atoms with Gasteiger partial charge in [-0.25, -0.2) is 0 Å². The molecule has 0 aliphatic rings. The van der Waals surface area contributed by atoms with Crippen molar-refractivity contribution in [2.24, 2.45) is 0 Å². The number of hydrogen-bond donors (Lipinski definition) is 2. The Bertz CT molecular complexity index is 547. The van der Waals surface area contributed by atoms with Crippen LogP contribution in [0.2, 0.25) is 0 Å². The molecule has 0 radical (unpaired) electrons. The Labute approximate surface area is 142 Å². The summed E-state index contributed by atoms with van der Waals surface area (Å²) >= 11 is 0. The second-order valence-corrected chi connectivity index (χ2v) is 8.25. The Morgan fingerprint density at radius 3 is 1.38 bits per heavy atom. The first kappa shape index (κ1) is 22.8. The zero-order valence-corrected chi connectivity index (χ0v) is 15.4. The van der Waals surface area contributed by atoms with Gasteiger partial charge in [0.05, 0.1) is 38.6 Å².